The molecule has 0 aromatic heterocycles. The molecule has 4 rings (SSSR count). The van der Waals surface area contributed by atoms with Gasteiger partial charge in [0.05, 0.1) is 12.2 Å². The molecule has 1 aliphatic carbocycles. The molecule has 3 aliphatic heterocycles. The summed E-state index contributed by atoms with van der Waals surface area (Å²) in [6.45, 7) is 12.8. The van der Waals surface area contributed by atoms with Gasteiger partial charge in [-0.25, -0.2) is 0 Å². The van der Waals surface area contributed by atoms with E-state index in [0.717, 1.165) is 5.92 Å². The molecule has 150 valence electrons. The minimum absolute atomic E-state index is 0.538. The summed E-state index contributed by atoms with van der Waals surface area (Å²) >= 11 is 0. The standard InChI is InChI=1S/C22H41N3O/c1-3-24-17-22(18-24)10-14-25(15-11-22)16-19-4-6-20(7-5-19)26-21-8-12-23(2)13-9-21/h19-21H,3-18H2,1-2H3/t19-,20-. The monoisotopic (exact) mass is 363 g/mol. The molecular weight excluding hydrogens is 322 g/mol. The zero-order valence-electron chi connectivity index (χ0n) is 17.3. The highest BCUT2D eigenvalue weighted by Gasteiger charge is 2.44. The van der Waals surface area contributed by atoms with E-state index in [1.807, 2.05) is 0 Å². The van der Waals surface area contributed by atoms with Gasteiger partial charge in [0.25, 0.3) is 0 Å². The van der Waals surface area contributed by atoms with Crippen LogP contribution in [-0.2, 0) is 4.74 Å². The lowest BCUT2D eigenvalue weighted by Crippen LogP contribution is -2.60. The Morgan fingerprint density at radius 3 is 2.04 bits per heavy atom. The molecule has 0 aromatic rings. The molecule has 26 heavy (non-hydrogen) atoms. The van der Waals surface area contributed by atoms with Crippen LogP contribution < -0.4 is 0 Å². The Morgan fingerprint density at radius 1 is 0.808 bits per heavy atom. The first-order valence-electron chi connectivity index (χ1n) is 11.4. The van der Waals surface area contributed by atoms with Gasteiger partial charge in [-0.15, -0.1) is 0 Å². The van der Waals surface area contributed by atoms with Crippen LogP contribution in [0.2, 0.25) is 0 Å². The molecular formula is C22H41N3O. The predicted molar refractivity (Wildman–Crippen MR) is 108 cm³/mol. The average molecular weight is 364 g/mol. The molecule has 3 saturated heterocycles. The normalized spacial score (nSPS) is 34.8. The fourth-order valence-corrected chi connectivity index (χ4v) is 5.86. The summed E-state index contributed by atoms with van der Waals surface area (Å²) < 4.78 is 6.44. The van der Waals surface area contributed by atoms with Gasteiger partial charge in [0, 0.05) is 32.7 Å². The molecule has 1 saturated carbocycles. The maximum atomic E-state index is 6.44. The van der Waals surface area contributed by atoms with Crippen LogP contribution in [0.15, 0.2) is 0 Å². The van der Waals surface area contributed by atoms with Crippen molar-refractivity contribution in [2.75, 3.05) is 59.4 Å². The van der Waals surface area contributed by atoms with Crippen molar-refractivity contribution in [1.29, 1.82) is 0 Å². The highest BCUT2D eigenvalue weighted by atomic mass is 16.5. The predicted octanol–water partition coefficient (Wildman–Crippen LogP) is 3.07. The average Bonchev–Trinajstić information content (AvgIpc) is 2.64. The lowest BCUT2D eigenvalue weighted by molar-refractivity contribution is -0.0647. The van der Waals surface area contributed by atoms with Crippen molar-refractivity contribution < 1.29 is 4.74 Å². The van der Waals surface area contributed by atoms with E-state index in [2.05, 4.69) is 28.7 Å². The van der Waals surface area contributed by atoms with Crippen molar-refractivity contribution in [3.05, 3.63) is 0 Å². The largest absolute Gasteiger partial charge is 0.375 e. The number of hydrogen-bond acceptors (Lipinski definition) is 4. The minimum Gasteiger partial charge on any atom is -0.375 e. The SMILES string of the molecule is CCN1CC2(CCN(C[C@H]3CC[C@H](OC4CCN(C)CC4)CC3)CC2)C1. The minimum atomic E-state index is 0.538. The Morgan fingerprint density at radius 2 is 1.42 bits per heavy atom. The third-order valence-corrected chi connectivity index (χ3v) is 7.84. The zero-order chi connectivity index (χ0) is 18.0. The topological polar surface area (TPSA) is 19.0 Å². The van der Waals surface area contributed by atoms with Crippen molar-refractivity contribution >= 4 is 0 Å². The van der Waals surface area contributed by atoms with Gasteiger partial charge in [0.1, 0.15) is 0 Å². The summed E-state index contributed by atoms with van der Waals surface area (Å²) in [7, 11) is 2.23. The molecule has 4 aliphatic rings. The summed E-state index contributed by atoms with van der Waals surface area (Å²) in [4.78, 5) is 7.83. The molecule has 0 aromatic carbocycles. The van der Waals surface area contributed by atoms with Gasteiger partial charge in [-0.3, -0.25) is 0 Å². The maximum Gasteiger partial charge on any atom is 0.0603 e. The number of hydrogen-bond donors (Lipinski definition) is 0. The summed E-state index contributed by atoms with van der Waals surface area (Å²) in [6.07, 6.45) is 11.8. The van der Waals surface area contributed by atoms with Gasteiger partial charge in [0.15, 0.2) is 0 Å². The van der Waals surface area contributed by atoms with Crippen molar-refractivity contribution in [2.24, 2.45) is 11.3 Å². The Balaban J connectivity index is 1.12. The fourth-order valence-electron chi connectivity index (χ4n) is 5.86. The van der Waals surface area contributed by atoms with Gasteiger partial charge >= 0.3 is 0 Å². The van der Waals surface area contributed by atoms with Gasteiger partial charge < -0.3 is 19.4 Å². The van der Waals surface area contributed by atoms with Crippen molar-refractivity contribution in [1.82, 2.24) is 14.7 Å². The van der Waals surface area contributed by atoms with Crippen LogP contribution in [0, 0.1) is 11.3 Å². The molecule has 0 amide bonds. The number of nitrogens with zero attached hydrogens (tertiary/aromatic N) is 3. The van der Waals surface area contributed by atoms with Gasteiger partial charge in [-0.1, -0.05) is 6.92 Å². The van der Waals surface area contributed by atoms with E-state index in [9.17, 15) is 0 Å². The molecule has 4 fully saturated rings. The van der Waals surface area contributed by atoms with Gasteiger partial charge in [-0.2, -0.15) is 0 Å². The zero-order valence-corrected chi connectivity index (χ0v) is 17.3. The van der Waals surface area contributed by atoms with Crippen LogP contribution in [0.3, 0.4) is 0 Å². The fraction of sp³-hybridized carbons (Fsp3) is 1.00. The van der Waals surface area contributed by atoms with Crippen LogP contribution in [0.1, 0.15) is 58.3 Å². The van der Waals surface area contributed by atoms with Crippen molar-refractivity contribution in [3.8, 4) is 0 Å². The highest BCUT2D eigenvalue weighted by Crippen LogP contribution is 2.40. The van der Waals surface area contributed by atoms with E-state index < -0.39 is 0 Å². The summed E-state index contributed by atoms with van der Waals surface area (Å²) in [5.74, 6) is 0.926. The first-order valence-corrected chi connectivity index (χ1v) is 11.4. The number of likely N-dealkylation sites (tertiary alicyclic amines) is 3. The van der Waals surface area contributed by atoms with Crippen LogP contribution in [0.25, 0.3) is 0 Å². The molecule has 0 radical (unpaired) electrons. The second-order valence-corrected chi connectivity index (χ2v) is 9.89. The van der Waals surface area contributed by atoms with Crippen LogP contribution in [0.5, 0.6) is 0 Å². The Kier molecular flexibility index (Phi) is 6.24. The Labute approximate surface area is 161 Å². The quantitative estimate of drug-likeness (QED) is 0.747. The van der Waals surface area contributed by atoms with Crippen molar-refractivity contribution in [3.63, 3.8) is 0 Å². The van der Waals surface area contributed by atoms with Crippen LogP contribution >= 0.6 is 0 Å². The Hall–Kier alpha value is -0.160. The number of ether oxygens (including phenoxy) is 1. The lowest BCUT2D eigenvalue weighted by Gasteiger charge is -2.54. The van der Waals surface area contributed by atoms with Crippen LogP contribution in [0.4, 0.5) is 0 Å². The number of rotatable bonds is 5. The van der Waals surface area contributed by atoms with Crippen molar-refractivity contribution in [2.45, 2.75) is 70.5 Å². The third-order valence-electron chi connectivity index (χ3n) is 7.84. The van der Waals surface area contributed by atoms with Gasteiger partial charge in [-0.05, 0) is 89.4 Å². The highest BCUT2D eigenvalue weighted by molar-refractivity contribution is 4.98. The second kappa shape index (κ2) is 8.46. The number of piperidine rings is 2. The van der Waals surface area contributed by atoms with E-state index in [1.54, 1.807) is 0 Å². The summed E-state index contributed by atoms with van der Waals surface area (Å²) in [5.41, 5.74) is 0.700. The van der Waals surface area contributed by atoms with Crippen LogP contribution in [-0.4, -0.2) is 86.3 Å². The third kappa shape index (κ3) is 4.63. The van der Waals surface area contributed by atoms with E-state index in [4.69, 9.17) is 4.74 Å². The molecule has 0 unspecified atom stereocenters. The van der Waals surface area contributed by atoms with Gasteiger partial charge in [0.2, 0.25) is 0 Å². The molecule has 0 atom stereocenters. The first kappa shape index (κ1) is 19.2. The van der Waals surface area contributed by atoms with E-state index in [-0.39, 0.29) is 0 Å². The van der Waals surface area contributed by atoms with E-state index in [1.165, 1.54) is 104 Å². The molecule has 0 N–H and O–H groups in total. The lowest BCUT2D eigenvalue weighted by atomic mass is 9.72. The molecule has 4 nitrogen and oxygen atoms in total. The molecule has 3 heterocycles. The Bertz CT molecular complexity index is 425. The second-order valence-electron chi connectivity index (χ2n) is 9.89. The first-order chi connectivity index (χ1) is 12.6. The summed E-state index contributed by atoms with van der Waals surface area (Å²) in [5, 5.41) is 0. The molecule has 0 bridgehead atoms. The smallest absolute Gasteiger partial charge is 0.0603 e. The van der Waals surface area contributed by atoms with E-state index in [0.29, 0.717) is 17.6 Å². The maximum absolute atomic E-state index is 6.44. The van der Waals surface area contributed by atoms with E-state index >= 15 is 0 Å². The molecule has 1 spiro atoms. The summed E-state index contributed by atoms with van der Waals surface area (Å²) in [6, 6.07) is 0. The molecule has 4 heteroatoms.